The largest absolute Gasteiger partial charge is 0.0622 e. The van der Waals surface area contributed by atoms with Crippen molar-refractivity contribution in [2.75, 3.05) is 0 Å². The van der Waals surface area contributed by atoms with E-state index in [4.69, 9.17) is 0 Å². The van der Waals surface area contributed by atoms with Crippen molar-refractivity contribution in [1.29, 1.82) is 0 Å². The Hall–Kier alpha value is -3.04. The van der Waals surface area contributed by atoms with Crippen molar-refractivity contribution in [3.05, 3.63) is 113 Å². The summed E-state index contributed by atoms with van der Waals surface area (Å²) < 4.78 is 0. The lowest BCUT2D eigenvalue weighted by Gasteiger charge is -2.10. The van der Waals surface area contributed by atoms with Gasteiger partial charge in [0.25, 0.3) is 0 Å². The van der Waals surface area contributed by atoms with Gasteiger partial charge in [0, 0.05) is 11.1 Å². The number of hydrogen-bond donors (Lipinski definition) is 0. The van der Waals surface area contributed by atoms with E-state index in [0.717, 1.165) is 11.1 Å². The number of allylic oxidation sites excluding steroid dienone is 1. The van der Waals surface area contributed by atoms with Gasteiger partial charge in [-0.15, -0.1) is 0 Å². The molecule has 3 aromatic carbocycles. The summed E-state index contributed by atoms with van der Waals surface area (Å²) in [5.74, 6) is 6.67. The van der Waals surface area contributed by atoms with Gasteiger partial charge in [0.2, 0.25) is 0 Å². The predicted octanol–water partition coefficient (Wildman–Crippen LogP) is 5.68. The van der Waals surface area contributed by atoms with E-state index in [2.05, 4.69) is 66.4 Å². The Labute approximate surface area is 143 Å². The van der Waals surface area contributed by atoms with E-state index in [1.165, 1.54) is 35.1 Å². The van der Waals surface area contributed by atoms with E-state index >= 15 is 0 Å². The highest BCUT2D eigenvalue weighted by atomic mass is 14.2. The average molecular weight is 306 g/mol. The van der Waals surface area contributed by atoms with Crippen LogP contribution in [0.15, 0.2) is 90.5 Å². The molecule has 114 valence electrons. The van der Waals surface area contributed by atoms with Crippen LogP contribution in [0.5, 0.6) is 0 Å². The predicted molar refractivity (Wildman–Crippen MR) is 101 cm³/mol. The van der Waals surface area contributed by atoms with Crippen LogP contribution in [-0.2, 0) is 0 Å². The zero-order chi connectivity index (χ0) is 16.2. The van der Waals surface area contributed by atoms with E-state index in [1.807, 2.05) is 30.3 Å². The molecule has 24 heavy (non-hydrogen) atoms. The molecule has 0 N–H and O–H groups in total. The van der Waals surface area contributed by atoms with Crippen LogP contribution in [0.1, 0.15) is 35.1 Å². The van der Waals surface area contributed by atoms with Gasteiger partial charge in [-0.1, -0.05) is 84.1 Å². The zero-order valence-electron chi connectivity index (χ0n) is 13.5. The summed E-state index contributed by atoms with van der Waals surface area (Å²) in [4.78, 5) is 0. The van der Waals surface area contributed by atoms with Crippen LogP contribution in [0.4, 0.5) is 0 Å². The normalized spacial score (nSPS) is 12.2. The van der Waals surface area contributed by atoms with Crippen LogP contribution in [0.2, 0.25) is 0 Å². The smallest absolute Gasteiger partial charge is 0.0327 e. The first-order chi connectivity index (χ1) is 11.9. The molecule has 0 spiro atoms. The van der Waals surface area contributed by atoms with E-state index in [9.17, 15) is 0 Å². The van der Waals surface area contributed by atoms with Crippen molar-refractivity contribution < 1.29 is 0 Å². The number of hydrogen-bond acceptors (Lipinski definition) is 0. The van der Waals surface area contributed by atoms with Gasteiger partial charge in [0.15, 0.2) is 0 Å². The van der Waals surface area contributed by atoms with Crippen molar-refractivity contribution in [3.8, 4) is 11.8 Å². The van der Waals surface area contributed by atoms with Gasteiger partial charge < -0.3 is 0 Å². The summed E-state index contributed by atoms with van der Waals surface area (Å²) in [6.45, 7) is 0. The van der Waals surface area contributed by atoms with E-state index < -0.39 is 0 Å². The molecule has 1 fully saturated rings. The first kappa shape index (κ1) is 14.5. The van der Waals surface area contributed by atoms with Crippen LogP contribution < -0.4 is 0 Å². The third-order valence-electron chi connectivity index (χ3n) is 4.23. The molecule has 0 aromatic heterocycles. The Morgan fingerprint density at radius 3 is 1.96 bits per heavy atom. The molecule has 0 heteroatoms. The third kappa shape index (κ3) is 3.16. The van der Waals surface area contributed by atoms with Crippen molar-refractivity contribution in [2.24, 2.45) is 0 Å². The summed E-state index contributed by atoms with van der Waals surface area (Å²) in [5, 5.41) is 0. The van der Waals surface area contributed by atoms with Gasteiger partial charge >= 0.3 is 0 Å². The highest BCUT2D eigenvalue weighted by Crippen LogP contribution is 2.40. The molecule has 0 radical (unpaired) electrons. The van der Waals surface area contributed by atoms with E-state index in [0.29, 0.717) is 0 Å². The fraction of sp³-hybridized carbons (Fsp3) is 0.0833. The van der Waals surface area contributed by atoms with Crippen molar-refractivity contribution in [1.82, 2.24) is 0 Å². The third-order valence-corrected chi connectivity index (χ3v) is 4.23. The van der Waals surface area contributed by atoms with E-state index in [-0.39, 0.29) is 0 Å². The molecule has 0 amide bonds. The maximum Gasteiger partial charge on any atom is 0.0327 e. The van der Waals surface area contributed by atoms with Gasteiger partial charge in [0.05, 0.1) is 0 Å². The first-order valence-electron chi connectivity index (χ1n) is 8.36. The fourth-order valence-electron chi connectivity index (χ4n) is 2.94. The minimum absolute atomic E-state index is 1.05. The van der Waals surface area contributed by atoms with Gasteiger partial charge in [-0.3, -0.25) is 0 Å². The van der Waals surface area contributed by atoms with Crippen LogP contribution in [0.25, 0.3) is 5.57 Å². The number of benzene rings is 3. The minimum atomic E-state index is 1.05. The minimum Gasteiger partial charge on any atom is -0.0622 e. The fourth-order valence-corrected chi connectivity index (χ4v) is 2.94. The summed E-state index contributed by atoms with van der Waals surface area (Å²) in [6.07, 6.45) is 2.40. The average Bonchev–Trinajstić information content (AvgIpc) is 3.48. The monoisotopic (exact) mass is 306 g/mol. The molecule has 3 aromatic rings. The summed E-state index contributed by atoms with van der Waals surface area (Å²) >= 11 is 0. The van der Waals surface area contributed by atoms with Crippen molar-refractivity contribution in [2.45, 2.75) is 12.8 Å². The Morgan fingerprint density at radius 2 is 1.25 bits per heavy atom. The summed E-state index contributed by atoms with van der Waals surface area (Å²) in [6, 6.07) is 29.3. The topological polar surface area (TPSA) is 0 Å². The molecule has 1 aliphatic carbocycles. The second-order valence-corrected chi connectivity index (χ2v) is 6.01. The molecule has 0 unspecified atom stereocenters. The second-order valence-electron chi connectivity index (χ2n) is 6.01. The zero-order valence-corrected chi connectivity index (χ0v) is 13.5. The van der Waals surface area contributed by atoms with Crippen LogP contribution in [-0.4, -0.2) is 0 Å². The van der Waals surface area contributed by atoms with Gasteiger partial charge in [-0.2, -0.15) is 0 Å². The molecule has 0 saturated heterocycles. The molecule has 0 bridgehead atoms. The quantitative estimate of drug-likeness (QED) is 0.534. The Bertz CT molecular complexity index is 929. The Kier molecular flexibility index (Phi) is 4.00. The molecule has 0 nitrogen and oxygen atoms in total. The van der Waals surface area contributed by atoms with Crippen LogP contribution in [0.3, 0.4) is 0 Å². The van der Waals surface area contributed by atoms with Crippen LogP contribution in [0, 0.1) is 11.8 Å². The van der Waals surface area contributed by atoms with E-state index in [1.54, 1.807) is 0 Å². The lowest BCUT2D eigenvalue weighted by molar-refractivity contribution is 1.50. The molecule has 0 heterocycles. The molecular weight excluding hydrogens is 288 g/mol. The molecule has 1 aliphatic rings. The highest BCUT2D eigenvalue weighted by molar-refractivity contribution is 5.86. The standard InChI is InChI=1S/C24H18/c1-3-9-19(10-4-1)15-16-20-11-7-8-14-23(20)24(22-17-18-22)21-12-5-2-6-13-21/h1-14H,17-18H2. The first-order valence-corrected chi connectivity index (χ1v) is 8.36. The van der Waals surface area contributed by atoms with Crippen molar-refractivity contribution >= 4 is 5.57 Å². The van der Waals surface area contributed by atoms with Crippen molar-refractivity contribution in [3.63, 3.8) is 0 Å². The summed E-state index contributed by atoms with van der Waals surface area (Å²) in [7, 11) is 0. The lowest BCUT2D eigenvalue weighted by Crippen LogP contribution is -1.92. The highest BCUT2D eigenvalue weighted by Gasteiger charge is 2.21. The maximum atomic E-state index is 3.38. The SMILES string of the molecule is C(#Cc1ccccc1C(=C1CC1)c1ccccc1)c1ccccc1. The van der Waals surface area contributed by atoms with Gasteiger partial charge in [-0.05, 0) is 47.7 Å². The molecule has 0 atom stereocenters. The van der Waals surface area contributed by atoms with Gasteiger partial charge in [0.1, 0.15) is 0 Å². The maximum absolute atomic E-state index is 3.38. The number of rotatable bonds is 2. The molecule has 4 rings (SSSR count). The Balaban J connectivity index is 1.80. The second kappa shape index (κ2) is 6.60. The molecular formula is C24H18. The van der Waals surface area contributed by atoms with Crippen LogP contribution >= 0.6 is 0 Å². The molecule has 1 saturated carbocycles. The Morgan fingerprint density at radius 1 is 0.625 bits per heavy atom. The molecule has 0 aliphatic heterocycles. The summed E-state index contributed by atoms with van der Waals surface area (Å²) in [5.41, 5.74) is 7.59. The van der Waals surface area contributed by atoms with Gasteiger partial charge in [-0.25, -0.2) is 0 Å². The lowest BCUT2D eigenvalue weighted by atomic mass is 9.93.